The van der Waals surface area contributed by atoms with Crippen LogP contribution in [-0.2, 0) is 0 Å². The third-order valence-electron chi connectivity index (χ3n) is 5.10. The number of hydrogen-bond donors (Lipinski definition) is 3. The van der Waals surface area contributed by atoms with Gasteiger partial charge in [0.25, 0.3) is 0 Å². The first-order chi connectivity index (χ1) is 15.3. The van der Waals surface area contributed by atoms with Crippen molar-refractivity contribution in [2.45, 2.75) is 31.7 Å². The van der Waals surface area contributed by atoms with E-state index in [0.29, 0.717) is 36.4 Å². The molecule has 2 aromatic heterocycles. The van der Waals surface area contributed by atoms with Crippen molar-refractivity contribution >= 4 is 39.1 Å². The number of rotatable bonds is 4. The molecule has 3 heterocycles. The van der Waals surface area contributed by atoms with Crippen LogP contribution >= 0.6 is 11.3 Å². The maximum Gasteiger partial charge on any atom is 0.413 e. The van der Waals surface area contributed by atoms with E-state index >= 15 is 0 Å². The highest BCUT2D eigenvalue weighted by Gasteiger charge is 2.44. The Balaban J connectivity index is 1.52. The molecule has 3 aromatic rings. The van der Waals surface area contributed by atoms with E-state index in [1.54, 1.807) is 11.8 Å². The van der Waals surface area contributed by atoms with E-state index < -0.39 is 35.5 Å². The van der Waals surface area contributed by atoms with Crippen LogP contribution in [0.25, 0.3) is 10.1 Å². The Morgan fingerprint density at radius 1 is 1.24 bits per heavy atom. The van der Waals surface area contributed by atoms with E-state index in [0.717, 1.165) is 6.07 Å². The summed E-state index contributed by atoms with van der Waals surface area (Å²) < 4.78 is 68.9. The number of β-amino-alcohol motifs (C(OH)–C–C–N with tert-alkyl or cyclic N) is 1. The van der Waals surface area contributed by atoms with Crippen molar-refractivity contribution in [2.75, 3.05) is 23.3 Å². The van der Waals surface area contributed by atoms with Gasteiger partial charge in [0.1, 0.15) is 11.6 Å². The maximum atomic E-state index is 14.1. The molecule has 4 rings (SSSR count). The third kappa shape index (κ3) is 4.69. The van der Waals surface area contributed by atoms with Crippen LogP contribution in [0.1, 0.15) is 23.4 Å². The zero-order chi connectivity index (χ0) is 24.1. The fraction of sp³-hybridized carbons (Fsp3) is 0.350. The monoisotopic (exact) mass is 487 g/mol. The molecule has 1 aliphatic heterocycles. The molecule has 176 valence electrons. The molecule has 1 aliphatic rings. The summed E-state index contributed by atoms with van der Waals surface area (Å²) in [7, 11) is 0. The predicted molar refractivity (Wildman–Crippen MR) is 112 cm³/mol. The number of fused-ring (bicyclic) bond motifs is 1. The number of halogens is 5. The van der Waals surface area contributed by atoms with Crippen molar-refractivity contribution in [1.82, 2.24) is 15.3 Å². The molecule has 0 radical (unpaired) electrons. The molecule has 0 spiro atoms. The lowest BCUT2D eigenvalue weighted by Gasteiger charge is -2.44. The zero-order valence-electron chi connectivity index (χ0n) is 17.3. The van der Waals surface area contributed by atoms with Gasteiger partial charge in [-0.3, -0.25) is 0 Å². The summed E-state index contributed by atoms with van der Waals surface area (Å²) in [5.41, 5.74) is -0.772. The van der Waals surface area contributed by atoms with Gasteiger partial charge in [0, 0.05) is 16.3 Å². The summed E-state index contributed by atoms with van der Waals surface area (Å²) >= 11 is 0.502. The van der Waals surface area contributed by atoms with Gasteiger partial charge in [-0.2, -0.15) is 13.2 Å². The minimum absolute atomic E-state index is 0.0120. The Morgan fingerprint density at radius 3 is 2.45 bits per heavy atom. The second-order valence-electron chi connectivity index (χ2n) is 8.05. The molecular formula is C20H18F5N5O2S. The topological polar surface area (TPSA) is 90.4 Å². The quantitative estimate of drug-likeness (QED) is 0.478. The van der Waals surface area contributed by atoms with Crippen LogP contribution in [0.2, 0.25) is 0 Å². The van der Waals surface area contributed by atoms with E-state index in [1.165, 1.54) is 19.3 Å². The first-order valence-corrected chi connectivity index (χ1v) is 10.5. The molecule has 33 heavy (non-hydrogen) atoms. The third-order valence-corrected chi connectivity index (χ3v) is 6.48. The van der Waals surface area contributed by atoms with Crippen molar-refractivity contribution in [1.29, 1.82) is 0 Å². The minimum Gasteiger partial charge on any atom is -0.386 e. The minimum atomic E-state index is -4.90. The maximum absolute atomic E-state index is 14.1. The van der Waals surface area contributed by atoms with E-state index in [-0.39, 0.29) is 26.2 Å². The number of alkyl halides is 3. The van der Waals surface area contributed by atoms with Crippen molar-refractivity contribution in [3.05, 3.63) is 46.6 Å². The second kappa shape index (κ2) is 8.06. The number of anilines is 2. The SMILES string of the molecule is Cc1c([C@@H](NC(=O)Nc2cnc(N3CC(C)(O)C3)nc2)C(F)(F)F)sc2c(F)cc(F)cc12. The number of nitrogens with zero attached hydrogens (tertiary/aromatic N) is 3. The molecule has 0 unspecified atom stereocenters. The van der Waals surface area contributed by atoms with Crippen LogP contribution in [-0.4, -0.2) is 46.0 Å². The van der Waals surface area contributed by atoms with Gasteiger partial charge in [0.15, 0.2) is 6.04 Å². The molecule has 0 bridgehead atoms. The highest BCUT2D eigenvalue weighted by Crippen LogP contribution is 2.42. The van der Waals surface area contributed by atoms with Crippen molar-refractivity contribution in [3.8, 4) is 0 Å². The van der Waals surface area contributed by atoms with Crippen molar-refractivity contribution in [2.24, 2.45) is 0 Å². The number of aromatic nitrogens is 2. The fourth-order valence-electron chi connectivity index (χ4n) is 3.60. The molecule has 7 nitrogen and oxygen atoms in total. The van der Waals surface area contributed by atoms with Crippen LogP contribution in [0.4, 0.5) is 38.4 Å². The number of aliphatic hydroxyl groups is 1. The molecule has 3 N–H and O–H groups in total. The van der Waals surface area contributed by atoms with Crippen molar-refractivity contribution in [3.63, 3.8) is 0 Å². The van der Waals surface area contributed by atoms with Gasteiger partial charge in [-0.1, -0.05) is 0 Å². The largest absolute Gasteiger partial charge is 0.413 e. The van der Waals surface area contributed by atoms with Crippen LogP contribution < -0.4 is 15.5 Å². The number of thiophene rings is 1. The Labute approximate surface area is 188 Å². The van der Waals surface area contributed by atoms with Crippen LogP contribution in [0.5, 0.6) is 0 Å². The van der Waals surface area contributed by atoms with Gasteiger partial charge in [-0.05, 0) is 25.5 Å². The molecule has 0 aliphatic carbocycles. The van der Waals surface area contributed by atoms with Gasteiger partial charge >= 0.3 is 12.2 Å². The number of nitrogens with one attached hydrogen (secondary N) is 2. The summed E-state index contributed by atoms with van der Waals surface area (Å²) in [5, 5.41) is 13.9. The van der Waals surface area contributed by atoms with E-state index in [9.17, 15) is 31.9 Å². The lowest BCUT2D eigenvalue weighted by atomic mass is 9.98. The molecule has 13 heteroatoms. The van der Waals surface area contributed by atoms with E-state index in [2.05, 4.69) is 15.3 Å². The van der Waals surface area contributed by atoms with Crippen LogP contribution in [0.15, 0.2) is 24.5 Å². The first kappa shape index (κ1) is 23.1. The van der Waals surface area contributed by atoms with Crippen molar-refractivity contribution < 1.29 is 31.9 Å². The lowest BCUT2D eigenvalue weighted by molar-refractivity contribution is -0.154. The average Bonchev–Trinajstić information content (AvgIpc) is 3.01. The van der Waals surface area contributed by atoms with Gasteiger partial charge in [0.2, 0.25) is 5.95 Å². The highest BCUT2D eigenvalue weighted by molar-refractivity contribution is 7.19. The van der Waals surface area contributed by atoms with Gasteiger partial charge in [0.05, 0.1) is 41.5 Å². The number of benzene rings is 1. The zero-order valence-corrected chi connectivity index (χ0v) is 18.1. The normalized spacial score (nSPS) is 16.4. The van der Waals surface area contributed by atoms with Gasteiger partial charge < -0.3 is 20.6 Å². The number of carbonyl (C=O) groups is 1. The lowest BCUT2D eigenvalue weighted by Crippen LogP contribution is -2.60. The smallest absolute Gasteiger partial charge is 0.386 e. The summed E-state index contributed by atoms with van der Waals surface area (Å²) in [6, 6.07) is -2.07. The van der Waals surface area contributed by atoms with Crippen LogP contribution in [0, 0.1) is 18.6 Å². The highest BCUT2D eigenvalue weighted by atomic mass is 32.1. The summed E-state index contributed by atoms with van der Waals surface area (Å²) in [4.78, 5) is 21.7. The molecule has 1 fully saturated rings. The van der Waals surface area contributed by atoms with Crippen LogP contribution in [0.3, 0.4) is 0 Å². The van der Waals surface area contributed by atoms with E-state index in [1.807, 2.05) is 5.32 Å². The predicted octanol–water partition coefficient (Wildman–Crippen LogP) is 4.27. The van der Waals surface area contributed by atoms with E-state index in [4.69, 9.17) is 0 Å². The standard InChI is InChI=1S/C20H18F5N5O2S/c1-9-12-3-10(21)4-13(22)15(12)33-14(9)16(20(23,24)25)29-18(31)28-11-5-26-17(27-6-11)30-7-19(2,32)8-30/h3-6,16,32H,7-8H2,1-2H3,(H2,28,29,31)/t16-/m1/s1. The molecule has 1 aromatic carbocycles. The molecule has 1 saturated heterocycles. The molecule has 0 saturated carbocycles. The molecule has 1 atom stereocenters. The number of amides is 2. The molecule has 2 amide bonds. The van der Waals surface area contributed by atoms with Gasteiger partial charge in [-0.25, -0.2) is 23.5 Å². The number of hydrogen-bond acceptors (Lipinski definition) is 6. The second-order valence-corrected chi connectivity index (χ2v) is 9.11. The number of carbonyl (C=O) groups excluding carboxylic acids is 1. The van der Waals surface area contributed by atoms with Gasteiger partial charge in [-0.15, -0.1) is 11.3 Å². The Kier molecular flexibility index (Phi) is 5.65. The first-order valence-electron chi connectivity index (χ1n) is 9.66. The Morgan fingerprint density at radius 2 is 1.88 bits per heavy atom. The Hall–Kier alpha value is -3.06. The fourth-order valence-corrected chi connectivity index (χ4v) is 4.87. The summed E-state index contributed by atoms with van der Waals surface area (Å²) in [6.45, 7) is 3.62. The summed E-state index contributed by atoms with van der Waals surface area (Å²) in [6.07, 6.45) is -2.45. The molecular weight excluding hydrogens is 469 g/mol. The number of aryl methyl sites for hydroxylation is 1. The Bertz CT molecular complexity index is 1200. The summed E-state index contributed by atoms with van der Waals surface area (Å²) in [5.74, 6) is -1.58. The average molecular weight is 487 g/mol. The number of urea groups is 1.